The van der Waals surface area contributed by atoms with Gasteiger partial charge in [-0.3, -0.25) is 4.98 Å². The fraction of sp³-hybridized carbons (Fsp3) is 0.667. The highest BCUT2D eigenvalue weighted by Gasteiger charge is 2.20. The van der Waals surface area contributed by atoms with Gasteiger partial charge in [-0.2, -0.15) is 0 Å². The molecule has 88 valence electrons. The minimum absolute atomic E-state index is 0.260. The highest BCUT2D eigenvalue weighted by atomic mass is 16.5. The summed E-state index contributed by atoms with van der Waals surface area (Å²) in [5, 5.41) is 0. The molecular formula is C12H19N3O. The first-order valence-electron chi connectivity index (χ1n) is 5.87. The minimum Gasteiger partial charge on any atom is -0.473 e. The lowest BCUT2D eigenvalue weighted by atomic mass is 9.94. The quantitative estimate of drug-likeness (QED) is 0.826. The zero-order valence-electron chi connectivity index (χ0n) is 9.94. The van der Waals surface area contributed by atoms with Gasteiger partial charge in [0, 0.05) is 6.04 Å². The summed E-state index contributed by atoms with van der Waals surface area (Å²) in [4.78, 5) is 8.62. The van der Waals surface area contributed by atoms with Crippen LogP contribution in [0.1, 0.15) is 37.1 Å². The molecule has 1 heterocycles. The molecule has 0 aromatic carbocycles. The molecule has 1 fully saturated rings. The van der Waals surface area contributed by atoms with Crippen LogP contribution in [0.2, 0.25) is 0 Å². The van der Waals surface area contributed by atoms with Crippen LogP contribution in [-0.2, 0) is 0 Å². The van der Waals surface area contributed by atoms with E-state index in [1.165, 1.54) is 0 Å². The number of hydrogen-bond donors (Lipinski definition) is 1. The Labute approximate surface area is 96.2 Å². The Balaban J connectivity index is 1.96. The van der Waals surface area contributed by atoms with Crippen molar-refractivity contribution in [3.8, 4) is 5.88 Å². The number of nitrogens with zero attached hydrogens (tertiary/aromatic N) is 2. The largest absolute Gasteiger partial charge is 0.473 e. The zero-order valence-corrected chi connectivity index (χ0v) is 9.94. The predicted octanol–water partition coefficient (Wildman–Crippen LogP) is 1.74. The van der Waals surface area contributed by atoms with Gasteiger partial charge in [-0.05, 0) is 39.5 Å². The van der Waals surface area contributed by atoms with E-state index >= 15 is 0 Å². The van der Waals surface area contributed by atoms with Crippen molar-refractivity contribution in [2.24, 2.45) is 5.73 Å². The number of aryl methyl sites for hydroxylation is 2. The topological polar surface area (TPSA) is 61.0 Å². The van der Waals surface area contributed by atoms with E-state index in [0.29, 0.717) is 11.9 Å². The standard InChI is InChI=1S/C12H19N3O/c1-8-9(2)15-12(7-14-8)16-11-5-3-10(13)4-6-11/h7,10-11H,3-6,13H2,1-2H3. The van der Waals surface area contributed by atoms with Crippen LogP contribution >= 0.6 is 0 Å². The van der Waals surface area contributed by atoms with Crippen molar-refractivity contribution in [1.29, 1.82) is 0 Å². The monoisotopic (exact) mass is 221 g/mol. The van der Waals surface area contributed by atoms with Crippen molar-refractivity contribution in [1.82, 2.24) is 9.97 Å². The highest BCUT2D eigenvalue weighted by Crippen LogP contribution is 2.21. The van der Waals surface area contributed by atoms with Crippen LogP contribution in [-0.4, -0.2) is 22.1 Å². The van der Waals surface area contributed by atoms with E-state index < -0.39 is 0 Å². The Bertz CT molecular complexity index is 359. The first-order valence-corrected chi connectivity index (χ1v) is 5.87. The third-order valence-electron chi connectivity index (χ3n) is 3.18. The number of hydrogen-bond acceptors (Lipinski definition) is 4. The Morgan fingerprint density at radius 2 is 1.88 bits per heavy atom. The molecule has 0 amide bonds. The van der Waals surface area contributed by atoms with E-state index in [1.54, 1.807) is 6.20 Å². The molecule has 0 bridgehead atoms. The Morgan fingerprint density at radius 1 is 1.19 bits per heavy atom. The van der Waals surface area contributed by atoms with Gasteiger partial charge in [0.05, 0.1) is 17.6 Å². The van der Waals surface area contributed by atoms with Crippen molar-refractivity contribution in [2.75, 3.05) is 0 Å². The first-order chi connectivity index (χ1) is 7.65. The summed E-state index contributed by atoms with van der Waals surface area (Å²) in [5.74, 6) is 0.642. The minimum atomic E-state index is 0.260. The van der Waals surface area contributed by atoms with Crippen LogP contribution in [0.3, 0.4) is 0 Å². The Hall–Kier alpha value is -1.16. The zero-order chi connectivity index (χ0) is 11.5. The van der Waals surface area contributed by atoms with Gasteiger partial charge in [0.25, 0.3) is 0 Å². The molecule has 0 aliphatic heterocycles. The van der Waals surface area contributed by atoms with Crippen LogP contribution in [0, 0.1) is 13.8 Å². The molecule has 1 aliphatic carbocycles. The second-order valence-corrected chi connectivity index (χ2v) is 4.53. The number of nitrogens with two attached hydrogens (primary N) is 1. The molecule has 1 aromatic heterocycles. The lowest BCUT2D eigenvalue weighted by molar-refractivity contribution is 0.140. The molecule has 1 saturated carbocycles. The maximum atomic E-state index is 5.85. The van der Waals surface area contributed by atoms with Gasteiger partial charge in [-0.15, -0.1) is 0 Å². The molecule has 0 radical (unpaired) electrons. The fourth-order valence-corrected chi connectivity index (χ4v) is 1.95. The van der Waals surface area contributed by atoms with Crippen LogP contribution in [0.4, 0.5) is 0 Å². The van der Waals surface area contributed by atoms with Crippen molar-refractivity contribution >= 4 is 0 Å². The summed E-state index contributed by atoms with van der Waals surface area (Å²) in [6.45, 7) is 3.90. The van der Waals surface area contributed by atoms with E-state index in [4.69, 9.17) is 10.5 Å². The molecule has 2 rings (SSSR count). The van der Waals surface area contributed by atoms with Gasteiger partial charge >= 0.3 is 0 Å². The molecule has 1 aromatic rings. The van der Waals surface area contributed by atoms with Crippen molar-refractivity contribution in [3.05, 3.63) is 17.6 Å². The molecule has 0 spiro atoms. The molecule has 0 saturated heterocycles. The van der Waals surface area contributed by atoms with Gasteiger partial charge in [-0.1, -0.05) is 0 Å². The molecule has 0 atom stereocenters. The maximum absolute atomic E-state index is 5.85. The smallest absolute Gasteiger partial charge is 0.232 e. The van der Waals surface area contributed by atoms with Crippen molar-refractivity contribution < 1.29 is 4.74 Å². The maximum Gasteiger partial charge on any atom is 0.232 e. The van der Waals surface area contributed by atoms with Crippen LogP contribution < -0.4 is 10.5 Å². The number of rotatable bonds is 2. The van der Waals surface area contributed by atoms with Gasteiger partial charge in [0.2, 0.25) is 5.88 Å². The van der Waals surface area contributed by atoms with Gasteiger partial charge in [0.1, 0.15) is 6.10 Å². The summed E-state index contributed by atoms with van der Waals surface area (Å²) < 4.78 is 5.81. The highest BCUT2D eigenvalue weighted by molar-refractivity contribution is 5.14. The molecular weight excluding hydrogens is 202 g/mol. The lowest BCUT2D eigenvalue weighted by Gasteiger charge is -2.26. The summed E-state index contributed by atoms with van der Waals surface area (Å²) >= 11 is 0. The summed E-state index contributed by atoms with van der Waals surface area (Å²) in [7, 11) is 0. The molecule has 4 heteroatoms. The van der Waals surface area contributed by atoms with E-state index in [-0.39, 0.29) is 6.10 Å². The fourth-order valence-electron chi connectivity index (χ4n) is 1.95. The number of aromatic nitrogens is 2. The van der Waals surface area contributed by atoms with Crippen LogP contribution in [0.25, 0.3) is 0 Å². The average Bonchev–Trinajstić information content (AvgIpc) is 2.27. The normalized spacial score (nSPS) is 25.4. The van der Waals surface area contributed by atoms with E-state index in [1.807, 2.05) is 13.8 Å². The molecule has 1 aliphatic rings. The summed E-state index contributed by atoms with van der Waals surface area (Å²) in [6, 6.07) is 0.352. The van der Waals surface area contributed by atoms with Crippen molar-refractivity contribution in [2.45, 2.75) is 51.7 Å². The molecule has 4 nitrogen and oxygen atoms in total. The number of ether oxygens (including phenoxy) is 1. The van der Waals surface area contributed by atoms with Gasteiger partial charge < -0.3 is 10.5 Å². The third-order valence-corrected chi connectivity index (χ3v) is 3.18. The Morgan fingerprint density at radius 3 is 2.50 bits per heavy atom. The lowest BCUT2D eigenvalue weighted by Crippen LogP contribution is -2.31. The first kappa shape index (κ1) is 11.3. The summed E-state index contributed by atoms with van der Waals surface area (Å²) in [5.41, 5.74) is 7.74. The van der Waals surface area contributed by atoms with E-state index in [2.05, 4.69) is 9.97 Å². The molecule has 0 unspecified atom stereocenters. The molecule has 16 heavy (non-hydrogen) atoms. The molecule has 2 N–H and O–H groups in total. The third kappa shape index (κ3) is 2.70. The second kappa shape index (κ2) is 4.78. The van der Waals surface area contributed by atoms with E-state index in [9.17, 15) is 0 Å². The van der Waals surface area contributed by atoms with Crippen molar-refractivity contribution in [3.63, 3.8) is 0 Å². The second-order valence-electron chi connectivity index (χ2n) is 4.53. The average molecular weight is 221 g/mol. The van der Waals surface area contributed by atoms with E-state index in [0.717, 1.165) is 37.1 Å². The predicted molar refractivity (Wildman–Crippen MR) is 62.4 cm³/mol. The Kier molecular flexibility index (Phi) is 3.39. The van der Waals surface area contributed by atoms with Gasteiger partial charge in [0.15, 0.2) is 0 Å². The SMILES string of the molecule is Cc1ncc(OC2CCC(N)CC2)nc1C. The van der Waals surface area contributed by atoms with Crippen LogP contribution in [0.5, 0.6) is 5.88 Å². The van der Waals surface area contributed by atoms with Crippen LogP contribution in [0.15, 0.2) is 6.20 Å². The summed E-state index contributed by atoms with van der Waals surface area (Å²) in [6.07, 6.45) is 6.10. The van der Waals surface area contributed by atoms with Gasteiger partial charge in [-0.25, -0.2) is 4.98 Å².